The lowest BCUT2D eigenvalue weighted by molar-refractivity contribution is 0.306. The van der Waals surface area contributed by atoms with E-state index in [2.05, 4.69) is 66.9 Å². The highest BCUT2D eigenvalue weighted by atomic mass is 35.5. The second kappa shape index (κ2) is 10.3. The summed E-state index contributed by atoms with van der Waals surface area (Å²) in [5.41, 5.74) is 8.37. The second-order valence-electron chi connectivity index (χ2n) is 9.90. The molecule has 0 aromatic heterocycles. The first-order valence-electron chi connectivity index (χ1n) is 12.8. The quantitative estimate of drug-likeness (QED) is 0.210. The van der Waals surface area contributed by atoms with Gasteiger partial charge in [0.2, 0.25) is 0 Å². The van der Waals surface area contributed by atoms with Crippen LogP contribution in [0.25, 0.3) is 0 Å². The molecule has 0 amide bonds. The minimum Gasteiger partial charge on any atom is -0.489 e. The molecular weight excluding hydrogens is 476 g/mol. The van der Waals surface area contributed by atoms with Crippen molar-refractivity contribution in [1.29, 1.82) is 0 Å². The van der Waals surface area contributed by atoms with E-state index in [1.807, 2.05) is 54.7 Å². The Morgan fingerprint density at radius 3 is 2.51 bits per heavy atom. The van der Waals surface area contributed by atoms with E-state index in [4.69, 9.17) is 21.3 Å². The molecule has 1 aliphatic carbocycles. The molecule has 0 saturated heterocycles. The summed E-state index contributed by atoms with van der Waals surface area (Å²) in [4.78, 5) is 4.70. The number of ether oxygens (including phenoxy) is 1. The van der Waals surface area contributed by atoms with Crippen molar-refractivity contribution >= 4 is 29.2 Å². The molecule has 0 saturated carbocycles. The maximum absolute atomic E-state index is 5.95. The van der Waals surface area contributed by atoms with Gasteiger partial charge in [0, 0.05) is 22.8 Å². The Balaban J connectivity index is 1.10. The lowest BCUT2D eigenvalue weighted by Gasteiger charge is -2.37. The number of aliphatic imine (C=N–C) groups is 1. The van der Waals surface area contributed by atoms with Gasteiger partial charge in [0.1, 0.15) is 12.4 Å². The molecule has 37 heavy (non-hydrogen) atoms. The van der Waals surface area contributed by atoms with Crippen LogP contribution in [0, 0.1) is 12.8 Å². The van der Waals surface area contributed by atoms with Crippen molar-refractivity contribution in [3.8, 4) is 5.75 Å². The summed E-state index contributed by atoms with van der Waals surface area (Å²) >= 11 is 5.95. The molecule has 6 rings (SSSR count). The van der Waals surface area contributed by atoms with E-state index in [1.54, 1.807) is 0 Å². The van der Waals surface area contributed by atoms with Crippen LogP contribution in [0.15, 0.2) is 108 Å². The number of anilines is 1. The lowest BCUT2D eigenvalue weighted by atomic mass is 9.76. The zero-order valence-corrected chi connectivity index (χ0v) is 21.5. The van der Waals surface area contributed by atoms with Gasteiger partial charge in [-0.25, -0.2) is 0 Å². The van der Waals surface area contributed by atoms with Gasteiger partial charge in [-0.2, -0.15) is 0 Å². The highest BCUT2D eigenvalue weighted by Gasteiger charge is 2.37. The number of allylic oxidation sites excluding steroid dienone is 2. The van der Waals surface area contributed by atoms with E-state index < -0.39 is 0 Å². The Bertz CT molecular complexity index is 1440. The highest BCUT2D eigenvalue weighted by molar-refractivity contribution is 6.30. The second-order valence-corrected chi connectivity index (χ2v) is 10.3. The van der Waals surface area contributed by atoms with Crippen LogP contribution >= 0.6 is 11.6 Å². The molecule has 0 spiro atoms. The number of nitrogens with zero attached hydrogens (tertiary/aromatic N) is 1. The van der Waals surface area contributed by atoms with Crippen molar-refractivity contribution in [3.63, 3.8) is 0 Å². The van der Waals surface area contributed by atoms with Gasteiger partial charge in [-0.15, -0.1) is 0 Å². The van der Waals surface area contributed by atoms with E-state index in [0.29, 0.717) is 24.5 Å². The molecule has 3 atom stereocenters. The van der Waals surface area contributed by atoms with Crippen LogP contribution in [0.3, 0.4) is 0 Å². The molecule has 1 heterocycles. The molecule has 2 aliphatic rings. The van der Waals surface area contributed by atoms with Gasteiger partial charge in [-0.1, -0.05) is 65.7 Å². The first kappa shape index (κ1) is 23.6. The number of aryl methyl sites for hydroxylation is 1. The number of rotatable bonds is 6. The Hall–Kier alpha value is -3.82. The Kier molecular flexibility index (Phi) is 6.55. The number of hydrogen-bond acceptors (Lipinski definition) is 3. The standard InChI is InChI=1S/C33H29ClN2O/c1-22-5-18-32-31(19-22)29-3-2-4-30(29)33(36-32)25-10-14-27(15-11-25)35-20-23-8-16-28(17-9-23)37-21-24-6-12-26(34)13-7-24/h2-3,5-20,29-30,33,36H,4,21H2,1H3/t29-,30-,33+/m1/s1. The molecule has 1 N–H and O–H groups in total. The molecule has 4 aromatic carbocycles. The minimum absolute atomic E-state index is 0.300. The summed E-state index contributed by atoms with van der Waals surface area (Å²) in [6.07, 6.45) is 7.74. The van der Waals surface area contributed by atoms with E-state index in [-0.39, 0.29) is 0 Å². The summed E-state index contributed by atoms with van der Waals surface area (Å²) in [5, 5.41) is 4.55. The summed E-state index contributed by atoms with van der Waals surface area (Å²) in [6.45, 7) is 2.68. The van der Waals surface area contributed by atoms with Crippen LogP contribution in [0.2, 0.25) is 5.02 Å². The van der Waals surface area contributed by atoms with E-state index in [1.165, 1.54) is 22.4 Å². The fourth-order valence-corrected chi connectivity index (χ4v) is 5.48. The van der Waals surface area contributed by atoms with Crippen molar-refractivity contribution in [3.05, 3.63) is 136 Å². The largest absolute Gasteiger partial charge is 0.489 e. The van der Waals surface area contributed by atoms with Gasteiger partial charge in [-0.05, 0) is 96.1 Å². The van der Waals surface area contributed by atoms with Crippen molar-refractivity contribution in [2.45, 2.75) is 31.9 Å². The summed E-state index contributed by atoms with van der Waals surface area (Å²) in [6, 6.07) is 31.4. The predicted octanol–water partition coefficient (Wildman–Crippen LogP) is 8.80. The zero-order valence-electron chi connectivity index (χ0n) is 20.8. The summed E-state index contributed by atoms with van der Waals surface area (Å²) in [7, 11) is 0. The molecule has 4 aromatic rings. The number of halogens is 1. The van der Waals surface area contributed by atoms with Crippen LogP contribution < -0.4 is 10.1 Å². The van der Waals surface area contributed by atoms with E-state index in [0.717, 1.165) is 34.0 Å². The molecule has 0 fully saturated rings. The van der Waals surface area contributed by atoms with Crippen LogP contribution in [-0.4, -0.2) is 6.21 Å². The summed E-state index contributed by atoms with van der Waals surface area (Å²) < 4.78 is 5.88. The van der Waals surface area contributed by atoms with Crippen molar-refractivity contribution < 1.29 is 4.74 Å². The maximum atomic E-state index is 5.95. The first-order chi connectivity index (χ1) is 18.1. The third kappa shape index (κ3) is 5.19. The topological polar surface area (TPSA) is 33.6 Å². The third-order valence-electron chi connectivity index (χ3n) is 7.33. The van der Waals surface area contributed by atoms with Crippen molar-refractivity contribution in [2.75, 3.05) is 5.32 Å². The smallest absolute Gasteiger partial charge is 0.119 e. The average molecular weight is 505 g/mol. The fraction of sp³-hybridized carbons (Fsp3) is 0.182. The fourth-order valence-electron chi connectivity index (χ4n) is 5.36. The minimum atomic E-state index is 0.300. The monoisotopic (exact) mass is 504 g/mol. The summed E-state index contributed by atoms with van der Waals surface area (Å²) in [5.74, 6) is 1.86. The van der Waals surface area contributed by atoms with Gasteiger partial charge in [-0.3, -0.25) is 4.99 Å². The van der Waals surface area contributed by atoms with Crippen LogP contribution in [0.1, 0.15) is 46.2 Å². The average Bonchev–Trinajstić information content (AvgIpc) is 3.43. The number of hydrogen-bond donors (Lipinski definition) is 1. The zero-order chi connectivity index (χ0) is 25.2. The van der Waals surface area contributed by atoms with Gasteiger partial charge in [0.05, 0.1) is 11.7 Å². The number of fused-ring (bicyclic) bond motifs is 3. The molecular formula is C33H29ClN2O. The van der Waals surface area contributed by atoms with Crippen molar-refractivity contribution in [1.82, 2.24) is 0 Å². The molecule has 1 aliphatic heterocycles. The SMILES string of the molecule is Cc1ccc2c(c1)[C@@H]1C=CC[C@H]1[C@H](c1ccc(N=Cc3ccc(OCc4ccc(Cl)cc4)cc3)cc1)N2. The van der Waals surface area contributed by atoms with Gasteiger partial charge < -0.3 is 10.1 Å². The van der Waals surface area contributed by atoms with Crippen LogP contribution in [0.5, 0.6) is 5.75 Å². The maximum Gasteiger partial charge on any atom is 0.119 e. The van der Waals surface area contributed by atoms with Gasteiger partial charge in [0.25, 0.3) is 0 Å². The van der Waals surface area contributed by atoms with Crippen LogP contribution in [0.4, 0.5) is 11.4 Å². The molecule has 0 bridgehead atoms. The molecule has 0 radical (unpaired) electrons. The first-order valence-corrected chi connectivity index (χ1v) is 13.2. The number of benzene rings is 4. The highest BCUT2D eigenvalue weighted by Crippen LogP contribution is 2.50. The van der Waals surface area contributed by atoms with Crippen molar-refractivity contribution in [2.24, 2.45) is 10.9 Å². The van der Waals surface area contributed by atoms with Crippen LogP contribution in [-0.2, 0) is 6.61 Å². The lowest BCUT2D eigenvalue weighted by Crippen LogP contribution is -2.29. The number of nitrogens with one attached hydrogen (secondary N) is 1. The Labute approximate surface area is 223 Å². The van der Waals surface area contributed by atoms with E-state index in [9.17, 15) is 0 Å². The Morgan fingerprint density at radius 2 is 1.73 bits per heavy atom. The molecule has 3 nitrogen and oxygen atoms in total. The molecule has 0 unspecified atom stereocenters. The molecule has 4 heteroatoms. The normalized spacial score (nSPS) is 19.9. The third-order valence-corrected chi connectivity index (χ3v) is 7.58. The van der Waals surface area contributed by atoms with Gasteiger partial charge in [0.15, 0.2) is 0 Å². The van der Waals surface area contributed by atoms with Gasteiger partial charge >= 0.3 is 0 Å². The Morgan fingerprint density at radius 1 is 0.946 bits per heavy atom. The predicted molar refractivity (Wildman–Crippen MR) is 153 cm³/mol. The van der Waals surface area contributed by atoms with E-state index >= 15 is 0 Å². The molecule has 184 valence electrons.